The van der Waals surface area contributed by atoms with E-state index in [0.29, 0.717) is 17.1 Å². The quantitative estimate of drug-likeness (QED) is 0.759. The van der Waals surface area contributed by atoms with Crippen LogP contribution >= 0.6 is 11.3 Å². The summed E-state index contributed by atoms with van der Waals surface area (Å²) in [4.78, 5) is 15.5. The Balaban J connectivity index is 2.09. The van der Waals surface area contributed by atoms with Gasteiger partial charge in [0.2, 0.25) is 0 Å². The number of nitrogen functional groups attached to an aromatic ring is 1. The average Bonchev–Trinajstić information content (AvgIpc) is 2.74. The molecule has 0 unspecified atom stereocenters. The Labute approximate surface area is 90.8 Å². The number of anilines is 2. The first-order valence-corrected chi connectivity index (χ1v) is 5.25. The van der Waals surface area contributed by atoms with Crippen LogP contribution in [0.3, 0.4) is 0 Å². The molecule has 2 rings (SSSR count). The number of thiazole rings is 1. The van der Waals surface area contributed by atoms with Crippen molar-refractivity contribution in [2.24, 2.45) is 0 Å². The van der Waals surface area contributed by atoms with Crippen molar-refractivity contribution >= 4 is 28.6 Å². The van der Waals surface area contributed by atoms with Crippen LogP contribution in [0.2, 0.25) is 0 Å². The highest BCUT2D eigenvalue weighted by atomic mass is 32.1. The van der Waals surface area contributed by atoms with Gasteiger partial charge in [-0.05, 0) is 24.3 Å². The molecule has 0 aliphatic heterocycles. The van der Waals surface area contributed by atoms with E-state index in [1.165, 1.54) is 11.3 Å². The van der Waals surface area contributed by atoms with E-state index in [1.807, 2.05) is 0 Å². The molecule has 0 aliphatic rings. The molecule has 76 valence electrons. The standard InChI is InChI=1S/C10H9N3OS/c11-7-1-3-8(4-2-7)13-10(14)9-5-15-6-12-9/h1-6H,11H2,(H,13,14). The van der Waals surface area contributed by atoms with Crippen molar-refractivity contribution in [3.63, 3.8) is 0 Å². The maximum absolute atomic E-state index is 11.6. The van der Waals surface area contributed by atoms with Crippen molar-refractivity contribution in [1.29, 1.82) is 0 Å². The van der Waals surface area contributed by atoms with Gasteiger partial charge in [0.05, 0.1) is 5.51 Å². The third-order valence-electron chi connectivity index (χ3n) is 1.83. The highest BCUT2D eigenvalue weighted by Gasteiger charge is 2.06. The van der Waals surface area contributed by atoms with E-state index in [4.69, 9.17) is 5.73 Å². The lowest BCUT2D eigenvalue weighted by atomic mass is 10.3. The summed E-state index contributed by atoms with van der Waals surface area (Å²) in [6.45, 7) is 0. The molecule has 0 saturated carbocycles. The fourth-order valence-electron chi connectivity index (χ4n) is 1.09. The van der Waals surface area contributed by atoms with Gasteiger partial charge >= 0.3 is 0 Å². The van der Waals surface area contributed by atoms with Crippen molar-refractivity contribution in [2.75, 3.05) is 11.1 Å². The second-order valence-electron chi connectivity index (χ2n) is 2.95. The maximum Gasteiger partial charge on any atom is 0.275 e. The van der Waals surface area contributed by atoms with E-state index < -0.39 is 0 Å². The second-order valence-corrected chi connectivity index (χ2v) is 3.67. The molecule has 15 heavy (non-hydrogen) atoms. The third kappa shape index (κ3) is 2.32. The summed E-state index contributed by atoms with van der Waals surface area (Å²) < 4.78 is 0. The van der Waals surface area contributed by atoms with E-state index in [9.17, 15) is 4.79 Å². The molecule has 1 heterocycles. The minimum Gasteiger partial charge on any atom is -0.399 e. The highest BCUT2D eigenvalue weighted by Crippen LogP contribution is 2.12. The minimum atomic E-state index is -0.207. The zero-order chi connectivity index (χ0) is 10.7. The minimum absolute atomic E-state index is 0.207. The van der Waals surface area contributed by atoms with Gasteiger partial charge in [-0.15, -0.1) is 11.3 Å². The predicted octanol–water partition coefficient (Wildman–Crippen LogP) is 1.98. The van der Waals surface area contributed by atoms with Crippen LogP contribution in [0.15, 0.2) is 35.2 Å². The fourth-order valence-corrected chi connectivity index (χ4v) is 1.62. The summed E-state index contributed by atoms with van der Waals surface area (Å²) in [5.41, 5.74) is 8.96. The van der Waals surface area contributed by atoms with Gasteiger partial charge in [0.1, 0.15) is 5.69 Å². The van der Waals surface area contributed by atoms with Crippen molar-refractivity contribution in [3.8, 4) is 0 Å². The molecule has 4 nitrogen and oxygen atoms in total. The van der Waals surface area contributed by atoms with Gasteiger partial charge in [0, 0.05) is 16.8 Å². The average molecular weight is 219 g/mol. The van der Waals surface area contributed by atoms with Crippen molar-refractivity contribution in [1.82, 2.24) is 4.98 Å². The number of nitrogens with zero attached hydrogens (tertiary/aromatic N) is 1. The summed E-state index contributed by atoms with van der Waals surface area (Å²) in [7, 11) is 0. The summed E-state index contributed by atoms with van der Waals surface area (Å²) >= 11 is 1.39. The number of rotatable bonds is 2. The number of benzene rings is 1. The van der Waals surface area contributed by atoms with Gasteiger partial charge in [-0.3, -0.25) is 4.79 Å². The van der Waals surface area contributed by atoms with Crippen LogP contribution in [-0.4, -0.2) is 10.9 Å². The Morgan fingerprint density at radius 3 is 2.67 bits per heavy atom. The van der Waals surface area contributed by atoms with E-state index in [-0.39, 0.29) is 5.91 Å². The van der Waals surface area contributed by atoms with Crippen LogP contribution in [0.4, 0.5) is 11.4 Å². The lowest BCUT2D eigenvalue weighted by Gasteiger charge is -2.02. The molecule has 0 spiro atoms. The van der Waals surface area contributed by atoms with Gasteiger partial charge < -0.3 is 11.1 Å². The molecule has 2 aromatic rings. The summed E-state index contributed by atoms with van der Waals surface area (Å²) in [6.07, 6.45) is 0. The van der Waals surface area contributed by atoms with Crippen LogP contribution in [0.1, 0.15) is 10.5 Å². The Kier molecular flexibility index (Phi) is 2.64. The van der Waals surface area contributed by atoms with E-state index in [1.54, 1.807) is 35.2 Å². The number of nitrogens with two attached hydrogens (primary N) is 1. The number of amides is 1. The van der Waals surface area contributed by atoms with Gasteiger partial charge in [-0.25, -0.2) is 4.98 Å². The number of hydrogen-bond donors (Lipinski definition) is 2. The molecule has 1 aromatic heterocycles. The monoisotopic (exact) mass is 219 g/mol. The topological polar surface area (TPSA) is 68.0 Å². The van der Waals surface area contributed by atoms with Crippen molar-refractivity contribution in [3.05, 3.63) is 40.8 Å². The first-order valence-electron chi connectivity index (χ1n) is 4.31. The van der Waals surface area contributed by atoms with E-state index >= 15 is 0 Å². The number of nitrogens with one attached hydrogen (secondary N) is 1. The fraction of sp³-hybridized carbons (Fsp3) is 0. The van der Waals surface area contributed by atoms with Crippen LogP contribution in [0.25, 0.3) is 0 Å². The molecule has 1 aromatic carbocycles. The number of carbonyl (C=O) groups excluding carboxylic acids is 1. The smallest absolute Gasteiger partial charge is 0.275 e. The Morgan fingerprint density at radius 2 is 2.07 bits per heavy atom. The summed E-state index contributed by atoms with van der Waals surface area (Å²) in [5.74, 6) is -0.207. The predicted molar refractivity (Wildman–Crippen MR) is 60.9 cm³/mol. The van der Waals surface area contributed by atoms with Crippen LogP contribution in [0, 0.1) is 0 Å². The van der Waals surface area contributed by atoms with E-state index in [2.05, 4.69) is 10.3 Å². The molecule has 0 atom stereocenters. The Morgan fingerprint density at radius 1 is 1.33 bits per heavy atom. The van der Waals surface area contributed by atoms with Gasteiger partial charge in [0.15, 0.2) is 0 Å². The molecule has 0 bridgehead atoms. The van der Waals surface area contributed by atoms with E-state index in [0.717, 1.165) is 0 Å². The summed E-state index contributed by atoms with van der Waals surface area (Å²) in [5, 5.41) is 4.42. The highest BCUT2D eigenvalue weighted by molar-refractivity contribution is 7.07. The van der Waals surface area contributed by atoms with Crippen molar-refractivity contribution in [2.45, 2.75) is 0 Å². The van der Waals surface area contributed by atoms with Gasteiger partial charge in [0.25, 0.3) is 5.91 Å². The molecule has 5 heteroatoms. The maximum atomic E-state index is 11.6. The molecule has 1 amide bonds. The molecular formula is C10H9N3OS. The molecule has 0 radical (unpaired) electrons. The molecule has 0 aliphatic carbocycles. The SMILES string of the molecule is Nc1ccc(NC(=O)c2cscn2)cc1. The number of aromatic nitrogens is 1. The van der Waals surface area contributed by atoms with Crippen LogP contribution in [-0.2, 0) is 0 Å². The largest absolute Gasteiger partial charge is 0.399 e. The molecule has 0 fully saturated rings. The number of hydrogen-bond acceptors (Lipinski definition) is 4. The zero-order valence-corrected chi connectivity index (χ0v) is 8.62. The molecular weight excluding hydrogens is 210 g/mol. The first-order chi connectivity index (χ1) is 7.25. The summed E-state index contributed by atoms with van der Waals surface area (Å²) in [6, 6.07) is 6.96. The zero-order valence-electron chi connectivity index (χ0n) is 7.81. The van der Waals surface area contributed by atoms with Crippen molar-refractivity contribution < 1.29 is 4.79 Å². The van der Waals surface area contributed by atoms with Gasteiger partial charge in [-0.1, -0.05) is 0 Å². The Hall–Kier alpha value is -1.88. The third-order valence-corrected chi connectivity index (χ3v) is 2.42. The second kappa shape index (κ2) is 4.10. The number of carbonyl (C=O) groups is 1. The normalized spacial score (nSPS) is 9.87. The van der Waals surface area contributed by atoms with Crippen LogP contribution < -0.4 is 11.1 Å². The van der Waals surface area contributed by atoms with Crippen LogP contribution in [0.5, 0.6) is 0 Å². The van der Waals surface area contributed by atoms with Gasteiger partial charge in [-0.2, -0.15) is 0 Å². The molecule has 3 N–H and O–H groups in total. The molecule has 0 saturated heterocycles. The first kappa shape index (κ1) is 9.67. The lowest BCUT2D eigenvalue weighted by molar-refractivity contribution is 0.102. The lowest BCUT2D eigenvalue weighted by Crippen LogP contribution is -2.11. The Bertz CT molecular complexity index is 450.